The summed E-state index contributed by atoms with van der Waals surface area (Å²) < 4.78 is 0. The summed E-state index contributed by atoms with van der Waals surface area (Å²) in [7, 11) is 1.37. The molecule has 0 radical (unpaired) electrons. The van der Waals surface area contributed by atoms with E-state index in [4.69, 9.17) is 5.26 Å². The quantitative estimate of drug-likeness (QED) is 0.476. The van der Waals surface area contributed by atoms with Gasteiger partial charge in [0.1, 0.15) is 5.92 Å². The molecule has 0 bridgehead atoms. The molecule has 1 unspecified atom stereocenters. The number of hydrogen-bond acceptors (Lipinski definition) is 3. The second-order valence-corrected chi connectivity index (χ2v) is 2.69. The van der Waals surface area contributed by atoms with Gasteiger partial charge in [0.15, 0.2) is 0 Å². The monoisotopic (exact) mass is 164 g/mol. The first-order valence-corrected chi connectivity index (χ1v) is 3.47. The number of carbonyl (C=O) groups is 2. The van der Waals surface area contributed by atoms with Gasteiger partial charge in [0.2, 0.25) is 0 Å². The molecule has 4 heteroatoms. The van der Waals surface area contributed by atoms with Crippen LogP contribution in [-0.4, -0.2) is 23.8 Å². The average Bonchev–Trinajstić information content (AvgIpc) is 2.01. The molecule has 0 spiro atoms. The van der Waals surface area contributed by atoms with Gasteiger partial charge in [-0.3, -0.25) is 14.5 Å². The standard InChI is InChI=1S/C8H8N2O2/c1-5-3-7(11)10(2)8(12)6(5)4-9/h3,6H,1-2H3. The van der Waals surface area contributed by atoms with Crippen molar-refractivity contribution in [3.05, 3.63) is 11.6 Å². The van der Waals surface area contributed by atoms with Crippen LogP contribution in [0.1, 0.15) is 6.92 Å². The highest BCUT2D eigenvalue weighted by Crippen LogP contribution is 2.17. The Balaban J connectivity index is 3.10. The minimum atomic E-state index is -0.785. The maximum Gasteiger partial charge on any atom is 0.252 e. The number of hydrogen-bond donors (Lipinski definition) is 0. The Kier molecular flexibility index (Phi) is 1.96. The third-order valence-corrected chi connectivity index (χ3v) is 1.84. The summed E-state index contributed by atoms with van der Waals surface area (Å²) in [5.41, 5.74) is 0.519. The largest absolute Gasteiger partial charge is 0.281 e. The van der Waals surface area contributed by atoms with Crippen molar-refractivity contribution in [2.75, 3.05) is 7.05 Å². The number of carbonyl (C=O) groups excluding carboxylic acids is 2. The van der Waals surface area contributed by atoms with Crippen LogP contribution in [0.15, 0.2) is 11.6 Å². The molecule has 0 fully saturated rings. The van der Waals surface area contributed by atoms with Gasteiger partial charge < -0.3 is 0 Å². The Labute approximate surface area is 70.1 Å². The lowest BCUT2D eigenvalue weighted by molar-refractivity contribution is -0.142. The maximum atomic E-state index is 11.2. The van der Waals surface area contributed by atoms with E-state index in [1.54, 1.807) is 6.92 Å². The summed E-state index contributed by atoms with van der Waals surface area (Å²) in [4.78, 5) is 23.2. The zero-order valence-corrected chi connectivity index (χ0v) is 6.87. The second kappa shape index (κ2) is 2.78. The lowest BCUT2D eigenvalue weighted by Gasteiger charge is -2.22. The summed E-state index contributed by atoms with van der Waals surface area (Å²) in [6.07, 6.45) is 1.31. The van der Waals surface area contributed by atoms with Gasteiger partial charge in [0, 0.05) is 13.1 Å². The van der Waals surface area contributed by atoms with Crippen molar-refractivity contribution in [2.24, 2.45) is 5.92 Å². The Hall–Kier alpha value is -1.63. The van der Waals surface area contributed by atoms with Crippen LogP contribution < -0.4 is 0 Å². The normalized spacial score (nSPS) is 23.6. The number of nitrogens with zero attached hydrogens (tertiary/aromatic N) is 2. The molecule has 1 heterocycles. The molecular formula is C8H8N2O2. The summed E-state index contributed by atoms with van der Waals surface area (Å²) in [6.45, 7) is 1.61. The van der Waals surface area contributed by atoms with Crippen LogP contribution in [0.25, 0.3) is 0 Å². The molecule has 1 rings (SSSR count). The van der Waals surface area contributed by atoms with E-state index in [0.29, 0.717) is 5.57 Å². The molecule has 0 saturated carbocycles. The van der Waals surface area contributed by atoms with Crippen molar-refractivity contribution in [2.45, 2.75) is 6.92 Å². The van der Waals surface area contributed by atoms with Gasteiger partial charge in [-0.25, -0.2) is 0 Å². The van der Waals surface area contributed by atoms with E-state index in [2.05, 4.69) is 0 Å². The van der Waals surface area contributed by atoms with Gasteiger partial charge in [-0.1, -0.05) is 0 Å². The first kappa shape index (κ1) is 8.47. The highest BCUT2D eigenvalue weighted by atomic mass is 16.2. The van der Waals surface area contributed by atoms with E-state index in [0.717, 1.165) is 4.90 Å². The van der Waals surface area contributed by atoms with Gasteiger partial charge >= 0.3 is 0 Å². The van der Waals surface area contributed by atoms with Gasteiger partial charge in [-0.05, 0) is 12.5 Å². The smallest absolute Gasteiger partial charge is 0.252 e. The SMILES string of the molecule is CC1=CC(=O)N(C)C(=O)C1C#N. The third kappa shape index (κ3) is 1.10. The number of nitriles is 1. The van der Waals surface area contributed by atoms with Crippen molar-refractivity contribution in [3.8, 4) is 6.07 Å². The van der Waals surface area contributed by atoms with E-state index in [-0.39, 0.29) is 5.91 Å². The van der Waals surface area contributed by atoms with Gasteiger partial charge in [0.25, 0.3) is 11.8 Å². The van der Waals surface area contributed by atoms with Crippen LogP contribution in [0.2, 0.25) is 0 Å². The molecular weight excluding hydrogens is 156 g/mol. The minimum absolute atomic E-state index is 0.357. The molecule has 1 aliphatic heterocycles. The van der Waals surface area contributed by atoms with E-state index in [9.17, 15) is 9.59 Å². The Morgan fingerprint density at radius 1 is 1.58 bits per heavy atom. The molecule has 1 aliphatic rings. The lowest BCUT2D eigenvalue weighted by Crippen LogP contribution is -2.40. The third-order valence-electron chi connectivity index (χ3n) is 1.84. The van der Waals surface area contributed by atoms with E-state index in [1.807, 2.05) is 6.07 Å². The van der Waals surface area contributed by atoms with Crippen molar-refractivity contribution in [1.82, 2.24) is 4.90 Å². The van der Waals surface area contributed by atoms with Crippen molar-refractivity contribution in [1.29, 1.82) is 5.26 Å². The second-order valence-electron chi connectivity index (χ2n) is 2.69. The number of imide groups is 1. The fourth-order valence-electron chi connectivity index (χ4n) is 1.03. The zero-order chi connectivity index (χ0) is 9.30. The summed E-state index contributed by atoms with van der Waals surface area (Å²) >= 11 is 0. The first-order chi connectivity index (χ1) is 5.57. The molecule has 0 aromatic carbocycles. The van der Waals surface area contributed by atoms with E-state index < -0.39 is 11.8 Å². The lowest BCUT2D eigenvalue weighted by atomic mass is 9.97. The van der Waals surface area contributed by atoms with Crippen molar-refractivity contribution >= 4 is 11.8 Å². The molecule has 2 amide bonds. The fraction of sp³-hybridized carbons (Fsp3) is 0.375. The average molecular weight is 164 g/mol. The molecule has 62 valence electrons. The number of likely N-dealkylation sites (N-methyl/N-ethyl adjacent to an activating group) is 1. The Morgan fingerprint density at radius 3 is 2.67 bits per heavy atom. The summed E-state index contributed by atoms with van der Waals surface area (Å²) in [5, 5.41) is 8.59. The van der Waals surface area contributed by atoms with Gasteiger partial charge in [-0.15, -0.1) is 0 Å². The molecule has 0 aromatic heterocycles. The highest BCUT2D eigenvalue weighted by molar-refractivity contribution is 6.06. The molecule has 0 saturated heterocycles. The Bertz CT molecular complexity index is 312. The molecule has 0 N–H and O–H groups in total. The van der Waals surface area contributed by atoms with Crippen LogP contribution >= 0.6 is 0 Å². The topological polar surface area (TPSA) is 61.2 Å². The Morgan fingerprint density at radius 2 is 2.17 bits per heavy atom. The highest BCUT2D eigenvalue weighted by Gasteiger charge is 2.31. The zero-order valence-electron chi connectivity index (χ0n) is 6.87. The van der Waals surface area contributed by atoms with E-state index >= 15 is 0 Å². The van der Waals surface area contributed by atoms with Crippen molar-refractivity contribution in [3.63, 3.8) is 0 Å². The van der Waals surface area contributed by atoms with Crippen LogP contribution in [0.3, 0.4) is 0 Å². The first-order valence-electron chi connectivity index (χ1n) is 3.47. The van der Waals surface area contributed by atoms with Crippen LogP contribution in [-0.2, 0) is 9.59 Å². The van der Waals surface area contributed by atoms with Crippen molar-refractivity contribution < 1.29 is 9.59 Å². The predicted molar refractivity (Wildman–Crippen MR) is 40.6 cm³/mol. The predicted octanol–water partition coefficient (Wildman–Crippen LogP) is 0.0711. The van der Waals surface area contributed by atoms with Gasteiger partial charge in [0.05, 0.1) is 6.07 Å². The summed E-state index contributed by atoms with van der Waals surface area (Å²) in [5.74, 6) is -1.58. The maximum absolute atomic E-state index is 11.2. The molecule has 0 aliphatic carbocycles. The minimum Gasteiger partial charge on any atom is -0.281 e. The molecule has 12 heavy (non-hydrogen) atoms. The van der Waals surface area contributed by atoms with Crippen LogP contribution in [0.5, 0.6) is 0 Å². The van der Waals surface area contributed by atoms with Gasteiger partial charge in [-0.2, -0.15) is 5.26 Å². The number of amides is 2. The van der Waals surface area contributed by atoms with Crippen LogP contribution in [0, 0.1) is 17.2 Å². The fourth-order valence-corrected chi connectivity index (χ4v) is 1.03. The molecule has 1 atom stereocenters. The summed E-state index contributed by atoms with van der Waals surface area (Å²) in [6, 6.07) is 1.84. The number of rotatable bonds is 0. The van der Waals surface area contributed by atoms with Crippen LogP contribution in [0.4, 0.5) is 0 Å². The molecule has 0 aromatic rings. The van der Waals surface area contributed by atoms with E-state index in [1.165, 1.54) is 13.1 Å². The molecule has 4 nitrogen and oxygen atoms in total.